The Balaban J connectivity index is 4.90. The van der Waals surface area contributed by atoms with Crippen molar-refractivity contribution in [2.24, 2.45) is 16.7 Å². The summed E-state index contributed by atoms with van der Waals surface area (Å²) in [5, 5.41) is 9.96. The van der Waals surface area contributed by atoms with Crippen molar-refractivity contribution in [2.45, 2.75) is 126 Å². The Morgan fingerprint density at radius 2 is 1.21 bits per heavy atom. The van der Waals surface area contributed by atoms with Gasteiger partial charge in [0.25, 0.3) is 0 Å². The summed E-state index contributed by atoms with van der Waals surface area (Å²) in [5.74, 6) is 0.307. The van der Waals surface area contributed by atoms with Crippen molar-refractivity contribution in [1.82, 2.24) is 0 Å². The van der Waals surface area contributed by atoms with Gasteiger partial charge in [-0.15, -0.1) is 0 Å². The van der Waals surface area contributed by atoms with E-state index in [1.807, 2.05) is 13.8 Å². The first-order valence-electron chi connectivity index (χ1n) is 11.4. The Morgan fingerprint density at radius 3 is 1.66 bits per heavy atom. The van der Waals surface area contributed by atoms with Gasteiger partial charge in [-0.2, -0.15) is 0 Å². The molecular weight excluding hydrogens is 364 g/mol. The van der Waals surface area contributed by atoms with E-state index >= 15 is 0 Å². The fourth-order valence-electron chi connectivity index (χ4n) is 2.92. The molecule has 0 rings (SSSR count). The molecule has 0 aromatic heterocycles. The molecule has 0 saturated carbocycles. The van der Waals surface area contributed by atoms with Gasteiger partial charge < -0.3 is 19.3 Å². The lowest BCUT2D eigenvalue weighted by Crippen LogP contribution is -2.49. The lowest BCUT2D eigenvalue weighted by atomic mass is 9.68. The molecule has 0 radical (unpaired) electrons. The maximum Gasteiger partial charge on any atom is 0.0680 e. The fraction of sp³-hybridized carbons (Fsp3) is 1.00. The van der Waals surface area contributed by atoms with Gasteiger partial charge in [0.15, 0.2) is 0 Å². The van der Waals surface area contributed by atoms with Crippen molar-refractivity contribution >= 4 is 0 Å². The van der Waals surface area contributed by atoms with E-state index in [9.17, 15) is 5.11 Å². The van der Waals surface area contributed by atoms with Gasteiger partial charge >= 0.3 is 0 Å². The van der Waals surface area contributed by atoms with Gasteiger partial charge in [0.1, 0.15) is 0 Å². The molecule has 0 aliphatic carbocycles. The van der Waals surface area contributed by atoms with Crippen molar-refractivity contribution in [3.63, 3.8) is 0 Å². The zero-order chi connectivity index (χ0) is 23.3. The Labute approximate surface area is 182 Å². The van der Waals surface area contributed by atoms with Gasteiger partial charge in [-0.25, -0.2) is 0 Å². The fourth-order valence-corrected chi connectivity index (χ4v) is 2.92. The molecule has 29 heavy (non-hydrogen) atoms. The van der Waals surface area contributed by atoms with E-state index in [1.165, 1.54) is 0 Å². The summed E-state index contributed by atoms with van der Waals surface area (Å²) in [5.41, 5.74) is -1.38. The van der Waals surface area contributed by atoms with Gasteiger partial charge in [-0.05, 0) is 85.0 Å². The van der Waals surface area contributed by atoms with E-state index in [-0.39, 0.29) is 28.1 Å². The summed E-state index contributed by atoms with van der Waals surface area (Å²) in [6.07, 6.45) is 1.84. The maximum atomic E-state index is 9.96. The lowest BCUT2D eigenvalue weighted by Gasteiger charge is -2.48. The van der Waals surface area contributed by atoms with Gasteiger partial charge in [0, 0.05) is 6.61 Å². The Hall–Kier alpha value is -0.160. The summed E-state index contributed by atoms with van der Waals surface area (Å²) < 4.78 is 18.5. The summed E-state index contributed by atoms with van der Waals surface area (Å²) in [6, 6.07) is 0. The molecule has 4 heteroatoms. The molecule has 1 N–H and O–H groups in total. The van der Waals surface area contributed by atoms with Crippen molar-refractivity contribution < 1.29 is 19.3 Å². The van der Waals surface area contributed by atoms with Crippen LogP contribution in [0.25, 0.3) is 0 Å². The second-order valence-corrected chi connectivity index (χ2v) is 11.9. The van der Waals surface area contributed by atoms with Crippen molar-refractivity contribution in [2.75, 3.05) is 19.8 Å². The third kappa shape index (κ3) is 9.25. The highest BCUT2D eigenvalue weighted by atomic mass is 16.5. The number of hydrogen-bond donors (Lipinski definition) is 1. The minimum Gasteiger partial charge on any atom is -0.390 e. The maximum absolute atomic E-state index is 9.96. The highest BCUT2D eigenvalue weighted by Crippen LogP contribution is 2.43. The molecular formula is C25H52O4. The van der Waals surface area contributed by atoms with E-state index in [1.54, 1.807) is 0 Å². The highest BCUT2D eigenvalue weighted by molar-refractivity contribution is 4.93. The van der Waals surface area contributed by atoms with Crippen LogP contribution in [0.1, 0.15) is 103 Å². The van der Waals surface area contributed by atoms with Crippen LogP contribution in [-0.2, 0) is 14.2 Å². The molecule has 0 saturated heterocycles. The summed E-state index contributed by atoms with van der Waals surface area (Å²) in [7, 11) is 0. The molecule has 0 heterocycles. The zero-order valence-corrected chi connectivity index (χ0v) is 21.9. The van der Waals surface area contributed by atoms with E-state index in [0.717, 1.165) is 13.0 Å². The standard InChI is InChI=1S/C25H52O4/c1-19(2)27-16-14-21(4,5)24(10,11)29-18-20(3)23(8,9)25(12,13)28-17-15-22(6,7)26/h19-20,26H,14-18H2,1-13H3. The molecule has 1 unspecified atom stereocenters. The van der Waals surface area contributed by atoms with Crippen LogP contribution < -0.4 is 0 Å². The molecule has 1 atom stereocenters. The first kappa shape index (κ1) is 28.8. The van der Waals surface area contributed by atoms with Gasteiger partial charge in [0.05, 0.1) is 36.1 Å². The van der Waals surface area contributed by atoms with Crippen molar-refractivity contribution in [1.29, 1.82) is 0 Å². The molecule has 0 aliphatic heterocycles. The number of aliphatic hydroxyl groups is 1. The van der Waals surface area contributed by atoms with Gasteiger partial charge in [0.2, 0.25) is 0 Å². The third-order valence-corrected chi connectivity index (χ3v) is 7.46. The van der Waals surface area contributed by atoms with Crippen LogP contribution in [0.2, 0.25) is 0 Å². The van der Waals surface area contributed by atoms with Crippen molar-refractivity contribution in [3.8, 4) is 0 Å². The summed E-state index contributed by atoms with van der Waals surface area (Å²) >= 11 is 0. The Kier molecular flexibility index (Phi) is 10.4. The topological polar surface area (TPSA) is 47.9 Å². The van der Waals surface area contributed by atoms with Crippen LogP contribution in [0.15, 0.2) is 0 Å². The van der Waals surface area contributed by atoms with E-state index in [2.05, 4.69) is 76.2 Å². The lowest BCUT2D eigenvalue weighted by molar-refractivity contribution is -0.163. The number of rotatable bonds is 14. The average molecular weight is 417 g/mol. The molecule has 0 bridgehead atoms. The number of hydrogen-bond acceptors (Lipinski definition) is 4. The minimum absolute atomic E-state index is 0.00444. The van der Waals surface area contributed by atoms with Crippen LogP contribution in [0.4, 0.5) is 0 Å². The van der Waals surface area contributed by atoms with Crippen LogP contribution in [0.5, 0.6) is 0 Å². The quantitative estimate of drug-likeness (QED) is 0.364. The average Bonchev–Trinajstić information content (AvgIpc) is 2.50. The summed E-state index contributed by atoms with van der Waals surface area (Å²) in [6.45, 7) is 29.7. The zero-order valence-electron chi connectivity index (χ0n) is 21.9. The molecule has 0 aliphatic rings. The predicted octanol–water partition coefficient (Wildman–Crippen LogP) is 6.24. The van der Waals surface area contributed by atoms with Crippen LogP contribution in [0.3, 0.4) is 0 Å². The minimum atomic E-state index is -0.705. The van der Waals surface area contributed by atoms with Crippen LogP contribution in [0, 0.1) is 16.7 Å². The van der Waals surface area contributed by atoms with E-state index < -0.39 is 5.60 Å². The Bertz CT molecular complexity index is 470. The molecule has 176 valence electrons. The first-order chi connectivity index (χ1) is 12.8. The Morgan fingerprint density at radius 1 is 0.690 bits per heavy atom. The molecule has 0 amide bonds. The normalized spacial score (nSPS) is 15.8. The SMILES string of the molecule is CC(C)OCCC(C)(C)C(C)(C)OCC(C)C(C)(C)C(C)(C)OCCC(C)(C)O. The summed E-state index contributed by atoms with van der Waals surface area (Å²) in [4.78, 5) is 0. The van der Waals surface area contributed by atoms with E-state index in [4.69, 9.17) is 14.2 Å². The second-order valence-electron chi connectivity index (χ2n) is 11.9. The second kappa shape index (κ2) is 10.4. The molecule has 4 nitrogen and oxygen atoms in total. The monoisotopic (exact) mass is 416 g/mol. The van der Waals surface area contributed by atoms with Crippen LogP contribution in [-0.4, -0.2) is 47.8 Å². The smallest absolute Gasteiger partial charge is 0.0680 e. The van der Waals surface area contributed by atoms with Gasteiger partial charge in [-0.1, -0.05) is 34.6 Å². The van der Waals surface area contributed by atoms with Crippen LogP contribution >= 0.6 is 0 Å². The van der Waals surface area contributed by atoms with Gasteiger partial charge in [-0.3, -0.25) is 0 Å². The predicted molar refractivity (Wildman–Crippen MR) is 123 cm³/mol. The molecule has 0 aromatic carbocycles. The molecule has 0 spiro atoms. The van der Waals surface area contributed by atoms with E-state index in [0.29, 0.717) is 25.6 Å². The molecule has 0 aromatic rings. The first-order valence-corrected chi connectivity index (χ1v) is 11.4. The highest BCUT2D eigenvalue weighted by Gasteiger charge is 2.44. The number of ether oxygens (including phenoxy) is 3. The third-order valence-electron chi connectivity index (χ3n) is 7.46. The molecule has 0 fully saturated rings. The van der Waals surface area contributed by atoms with Crippen molar-refractivity contribution in [3.05, 3.63) is 0 Å². The largest absolute Gasteiger partial charge is 0.390 e.